The minimum Gasteiger partial charge on any atom is -0.496 e. The normalized spacial score (nSPS) is 20.9. The molecule has 22 heavy (non-hydrogen) atoms. The molecule has 0 aliphatic carbocycles. The van der Waals surface area contributed by atoms with E-state index in [1.54, 1.807) is 7.11 Å². The van der Waals surface area contributed by atoms with Crippen molar-refractivity contribution in [2.75, 3.05) is 13.7 Å². The van der Waals surface area contributed by atoms with Crippen LogP contribution < -0.4 is 4.74 Å². The van der Waals surface area contributed by atoms with Gasteiger partial charge in [-0.1, -0.05) is 48.5 Å². The summed E-state index contributed by atoms with van der Waals surface area (Å²) in [5.74, 6) is 0.696. The van der Waals surface area contributed by atoms with E-state index < -0.39 is 6.23 Å². The monoisotopic (exact) mass is 298 g/mol. The number of nitrogens with zero attached hydrogens (tertiary/aromatic N) is 2. The number of benzene rings is 2. The van der Waals surface area contributed by atoms with Crippen molar-refractivity contribution < 1.29 is 9.47 Å². The highest BCUT2D eigenvalue weighted by Gasteiger charge is 2.37. The number of nitroso groups, excluding NO2 is 1. The second kappa shape index (κ2) is 6.58. The lowest BCUT2D eigenvalue weighted by atomic mass is 10.1. The smallest absolute Gasteiger partial charge is 0.178 e. The third kappa shape index (κ3) is 2.80. The Morgan fingerprint density at radius 1 is 1.18 bits per heavy atom. The zero-order chi connectivity index (χ0) is 15.4. The van der Waals surface area contributed by atoms with Crippen LogP contribution in [0.5, 0.6) is 5.75 Å². The van der Waals surface area contributed by atoms with Crippen LogP contribution in [0, 0.1) is 4.91 Å². The van der Waals surface area contributed by atoms with E-state index in [1.807, 2.05) is 54.6 Å². The summed E-state index contributed by atoms with van der Waals surface area (Å²) in [6, 6.07) is 17.5. The van der Waals surface area contributed by atoms with E-state index in [1.165, 1.54) is 5.01 Å². The topological polar surface area (TPSA) is 51.1 Å². The highest BCUT2D eigenvalue weighted by atomic mass is 16.5. The predicted octanol–water partition coefficient (Wildman–Crippen LogP) is 3.32. The van der Waals surface area contributed by atoms with Gasteiger partial charge in [-0.25, -0.2) is 5.01 Å². The lowest BCUT2D eigenvalue weighted by Gasteiger charge is -2.23. The number of methoxy groups -OCH3 is 1. The molecular formula is C17H18N2O3. The molecule has 114 valence electrons. The molecule has 0 saturated carbocycles. The zero-order valence-electron chi connectivity index (χ0n) is 12.4. The Labute approximate surface area is 129 Å². The Balaban J connectivity index is 1.82. The first-order chi connectivity index (χ1) is 10.8. The van der Waals surface area contributed by atoms with Crippen LogP contribution >= 0.6 is 0 Å². The molecule has 5 heteroatoms. The van der Waals surface area contributed by atoms with Crippen LogP contribution in [0.4, 0.5) is 0 Å². The number of para-hydroxylation sites is 1. The van der Waals surface area contributed by atoms with Gasteiger partial charge in [-0.15, -0.1) is 4.91 Å². The van der Waals surface area contributed by atoms with Gasteiger partial charge in [-0.2, -0.15) is 0 Å². The van der Waals surface area contributed by atoms with Crippen molar-refractivity contribution in [3.05, 3.63) is 70.6 Å². The molecule has 0 unspecified atom stereocenters. The highest BCUT2D eigenvalue weighted by molar-refractivity contribution is 5.35. The lowest BCUT2D eigenvalue weighted by Crippen LogP contribution is -2.29. The molecule has 0 amide bonds. The van der Waals surface area contributed by atoms with Gasteiger partial charge in [0.25, 0.3) is 0 Å². The molecule has 2 aromatic carbocycles. The van der Waals surface area contributed by atoms with Crippen molar-refractivity contribution >= 4 is 0 Å². The molecule has 1 saturated heterocycles. The average molecular weight is 298 g/mol. The molecule has 0 aromatic heterocycles. The van der Waals surface area contributed by atoms with Crippen molar-refractivity contribution in [1.82, 2.24) is 5.01 Å². The van der Waals surface area contributed by atoms with Gasteiger partial charge in [0, 0.05) is 5.56 Å². The molecule has 0 radical (unpaired) electrons. The first-order valence-electron chi connectivity index (χ1n) is 7.23. The summed E-state index contributed by atoms with van der Waals surface area (Å²) in [5.41, 5.74) is 1.98. The summed E-state index contributed by atoms with van der Waals surface area (Å²) in [7, 11) is 1.61. The van der Waals surface area contributed by atoms with Crippen LogP contribution in [0.1, 0.15) is 17.4 Å². The standard InChI is InChI=1S/C17H18N2O3/c1-21-16-10-6-5-9-15(16)17-19(18-20)14(12-22-17)11-13-7-3-2-4-8-13/h2-10,14,17H,11-12H2,1H3/t14-,17-/m0/s1. The summed E-state index contributed by atoms with van der Waals surface area (Å²) < 4.78 is 11.2. The average Bonchev–Trinajstić information content (AvgIpc) is 2.98. The van der Waals surface area contributed by atoms with Gasteiger partial charge in [0.15, 0.2) is 6.23 Å². The molecule has 5 nitrogen and oxygen atoms in total. The van der Waals surface area contributed by atoms with Crippen molar-refractivity contribution in [3.63, 3.8) is 0 Å². The third-order valence-electron chi connectivity index (χ3n) is 3.87. The Kier molecular flexibility index (Phi) is 4.34. The van der Waals surface area contributed by atoms with Gasteiger partial charge >= 0.3 is 0 Å². The second-order valence-electron chi connectivity index (χ2n) is 5.23. The van der Waals surface area contributed by atoms with Crippen LogP contribution in [0.15, 0.2) is 59.9 Å². The number of hydrogen-bond acceptors (Lipinski definition) is 4. The fourth-order valence-corrected chi connectivity index (χ4v) is 2.80. The van der Waals surface area contributed by atoms with Crippen molar-refractivity contribution in [2.24, 2.45) is 5.29 Å². The van der Waals surface area contributed by atoms with Gasteiger partial charge in [0.1, 0.15) is 5.75 Å². The van der Waals surface area contributed by atoms with Crippen molar-refractivity contribution in [1.29, 1.82) is 0 Å². The Hall–Kier alpha value is -2.40. The Morgan fingerprint density at radius 3 is 2.64 bits per heavy atom. The number of hydrogen-bond donors (Lipinski definition) is 0. The first-order valence-corrected chi connectivity index (χ1v) is 7.23. The number of ether oxygens (including phenoxy) is 2. The SMILES string of the molecule is COc1ccccc1[C@@H]1OC[C@H](Cc2ccccc2)N1N=O. The lowest BCUT2D eigenvalue weighted by molar-refractivity contribution is 0.0277. The fourth-order valence-electron chi connectivity index (χ4n) is 2.80. The quantitative estimate of drug-likeness (QED) is 0.795. The fraction of sp³-hybridized carbons (Fsp3) is 0.294. The van der Waals surface area contributed by atoms with Gasteiger partial charge in [-0.3, -0.25) is 0 Å². The molecule has 0 bridgehead atoms. The molecule has 1 fully saturated rings. The van der Waals surface area contributed by atoms with E-state index in [2.05, 4.69) is 5.29 Å². The summed E-state index contributed by atoms with van der Waals surface area (Å²) in [4.78, 5) is 11.3. The van der Waals surface area contributed by atoms with Crippen LogP contribution in [0.25, 0.3) is 0 Å². The third-order valence-corrected chi connectivity index (χ3v) is 3.87. The Morgan fingerprint density at radius 2 is 1.91 bits per heavy atom. The van der Waals surface area contributed by atoms with Gasteiger partial charge in [-0.05, 0) is 18.1 Å². The maximum absolute atomic E-state index is 11.3. The first kappa shape index (κ1) is 14.5. The molecule has 3 rings (SSSR count). The molecule has 2 atom stereocenters. The Bertz CT molecular complexity index is 633. The minimum atomic E-state index is -0.498. The molecule has 1 aliphatic rings. The van der Waals surface area contributed by atoms with Crippen molar-refractivity contribution in [2.45, 2.75) is 18.7 Å². The van der Waals surface area contributed by atoms with Crippen molar-refractivity contribution in [3.8, 4) is 5.75 Å². The molecule has 0 N–H and O–H groups in total. The summed E-state index contributed by atoms with van der Waals surface area (Å²) >= 11 is 0. The molecule has 1 aliphatic heterocycles. The molecule has 2 aromatic rings. The van der Waals surface area contributed by atoms with E-state index in [0.717, 1.165) is 17.5 Å². The van der Waals surface area contributed by atoms with E-state index in [0.29, 0.717) is 12.4 Å². The van der Waals surface area contributed by atoms with Gasteiger partial charge in [0.05, 0.1) is 25.0 Å². The van der Waals surface area contributed by atoms with E-state index in [9.17, 15) is 4.91 Å². The van der Waals surface area contributed by atoms with E-state index in [-0.39, 0.29) is 6.04 Å². The van der Waals surface area contributed by atoms with E-state index >= 15 is 0 Å². The largest absolute Gasteiger partial charge is 0.496 e. The maximum atomic E-state index is 11.3. The molecular weight excluding hydrogens is 280 g/mol. The van der Waals surface area contributed by atoms with E-state index in [4.69, 9.17) is 9.47 Å². The zero-order valence-corrected chi connectivity index (χ0v) is 12.4. The second-order valence-corrected chi connectivity index (χ2v) is 5.23. The summed E-state index contributed by atoms with van der Waals surface area (Å²) in [6.45, 7) is 0.462. The van der Waals surface area contributed by atoms with Gasteiger partial charge < -0.3 is 9.47 Å². The molecule has 1 heterocycles. The molecule has 0 spiro atoms. The summed E-state index contributed by atoms with van der Waals surface area (Å²) in [5, 5.41) is 4.69. The summed E-state index contributed by atoms with van der Waals surface area (Å²) in [6.07, 6.45) is 0.223. The van der Waals surface area contributed by atoms with Crippen LogP contribution in [0.3, 0.4) is 0 Å². The minimum absolute atomic E-state index is 0.0742. The highest BCUT2D eigenvalue weighted by Crippen LogP contribution is 2.36. The van der Waals surface area contributed by atoms with Crippen LogP contribution in [0.2, 0.25) is 0 Å². The van der Waals surface area contributed by atoms with Crippen LogP contribution in [-0.4, -0.2) is 24.8 Å². The maximum Gasteiger partial charge on any atom is 0.178 e. The number of rotatable bonds is 5. The van der Waals surface area contributed by atoms with Gasteiger partial charge in [0.2, 0.25) is 0 Å². The predicted molar refractivity (Wildman–Crippen MR) is 83.3 cm³/mol. The van der Waals surface area contributed by atoms with Crippen LogP contribution in [-0.2, 0) is 11.2 Å².